The summed E-state index contributed by atoms with van der Waals surface area (Å²) in [4.78, 5) is 11.1. The second-order valence-corrected chi connectivity index (χ2v) is 4.76. The van der Waals surface area contributed by atoms with Gasteiger partial charge in [-0.25, -0.2) is 4.79 Å². The molecule has 1 aromatic carbocycles. The lowest BCUT2D eigenvalue weighted by Crippen LogP contribution is -1.97. The number of aromatic carboxylic acids is 1. The Labute approximate surface area is 115 Å². The van der Waals surface area contributed by atoms with Crippen molar-refractivity contribution in [2.24, 2.45) is 0 Å². The molecule has 0 unspecified atom stereocenters. The zero-order chi connectivity index (χ0) is 13.7. The average molecular weight is 278 g/mol. The van der Waals surface area contributed by atoms with Gasteiger partial charge >= 0.3 is 5.97 Å². The van der Waals surface area contributed by atoms with Crippen LogP contribution in [-0.2, 0) is 0 Å². The Morgan fingerprint density at radius 1 is 1.32 bits per heavy atom. The number of hydrogen-bond acceptors (Lipinski definition) is 4. The van der Waals surface area contributed by atoms with E-state index in [0.29, 0.717) is 23.9 Å². The highest BCUT2D eigenvalue weighted by Gasteiger charge is 2.10. The summed E-state index contributed by atoms with van der Waals surface area (Å²) >= 11 is 1.14. The van der Waals surface area contributed by atoms with E-state index in [1.807, 2.05) is 25.1 Å². The van der Waals surface area contributed by atoms with Crippen LogP contribution in [0.3, 0.4) is 0 Å². The Morgan fingerprint density at radius 2 is 2.05 bits per heavy atom. The molecule has 0 saturated heterocycles. The lowest BCUT2D eigenvalue weighted by Gasteiger charge is -2.10. The second-order valence-electron chi connectivity index (χ2n) is 3.85. The largest absolute Gasteiger partial charge is 0.490 e. The molecule has 2 rings (SSSR count). The number of hydrogen-bond donors (Lipinski definition) is 1. The number of ether oxygens (including phenoxy) is 2. The monoisotopic (exact) mass is 278 g/mol. The van der Waals surface area contributed by atoms with Crippen molar-refractivity contribution < 1.29 is 19.4 Å². The predicted molar refractivity (Wildman–Crippen MR) is 73.6 cm³/mol. The minimum atomic E-state index is -0.949. The minimum absolute atomic E-state index is 0.252. The highest BCUT2D eigenvalue weighted by molar-refractivity contribution is 7.12. The highest BCUT2D eigenvalue weighted by Crippen LogP contribution is 2.33. The third kappa shape index (κ3) is 3.48. The standard InChI is InChI=1S/C14H14O4S/c1-2-7-17-11-5-3-4-6-12(11)18-10-8-13(14(15)16)19-9-10/h3-6,8-9H,2,7H2,1H3,(H,15,16). The molecule has 4 nitrogen and oxygen atoms in total. The van der Waals surface area contributed by atoms with Gasteiger partial charge in [0.15, 0.2) is 11.5 Å². The van der Waals surface area contributed by atoms with Crippen LogP contribution in [0.1, 0.15) is 23.0 Å². The van der Waals surface area contributed by atoms with Gasteiger partial charge in [0.2, 0.25) is 0 Å². The predicted octanol–water partition coefficient (Wildman–Crippen LogP) is 4.03. The number of carboxylic acids is 1. The fourth-order valence-electron chi connectivity index (χ4n) is 1.48. The molecule has 0 saturated carbocycles. The summed E-state index contributed by atoms with van der Waals surface area (Å²) in [6, 6.07) is 8.84. The number of carboxylic acid groups (broad SMARTS) is 1. The quantitative estimate of drug-likeness (QED) is 0.866. The first kappa shape index (κ1) is 13.4. The molecule has 1 aromatic heterocycles. The molecule has 100 valence electrons. The number of rotatable bonds is 6. The van der Waals surface area contributed by atoms with Crippen LogP contribution in [0, 0.1) is 0 Å². The molecular weight excluding hydrogens is 264 g/mol. The Bertz CT molecular complexity index is 562. The summed E-state index contributed by atoms with van der Waals surface area (Å²) < 4.78 is 11.2. The van der Waals surface area contributed by atoms with E-state index in [1.165, 1.54) is 6.07 Å². The Balaban J connectivity index is 2.15. The zero-order valence-corrected chi connectivity index (χ0v) is 11.3. The first-order chi connectivity index (χ1) is 9.20. The van der Waals surface area contributed by atoms with Gasteiger partial charge in [-0.15, -0.1) is 11.3 Å². The molecule has 0 bridgehead atoms. The fraction of sp³-hybridized carbons (Fsp3) is 0.214. The van der Waals surface area contributed by atoms with Gasteiger partial charge in [-0.1, -0.05) is 19.1 Å². The van der Waals surface area contributed by atoms with E-state index in [4.69, 9.17) is 14.6 Å². The van der Waals surface area contributed by atoms with E-state index in [0.717, 1.165) is 17.8 Å². The van der Waals surface area contributed by atoms with Gasteiger partial charge in [-0.3, -0.25) is 0 Å². The van der Waals surface area contributed by atoms with E-state index in [2.05, 4.69) is 0 Å². The maximum atomic E-state index is 10.8. The van der Waals surface area contributed by atoms with Gasteiger partial charge in [0, 0.05) is 11.4 Å². The molecule has 0 aliphatic heterocycles. The average Bonchev–Trinajstić information content (AvgIpc) is 2.86. The Kier molecular flexibility index (Phi) is 4.41. The van der Waals surface area contributed by atoms with E-state index in [1.54, 1.807) is 11.4 Å². The molecule has 0 aliphatic rings. The summed E-state index contributed by atoms with van der Waals surface area (Å²) in [5.74, 6) is 0.809. The zero-order valence-electron chi connectivity index (χ0n) is 10.5. The lowest BCUT2D eigenvalue weighted by atomic mass is 10.3. The molecule has 0 radical (unpaired) electrons. The summed E-state index contributed by atoms with van der Waals surface area (Å²) in [7, 11) is 0. The van der Waals surface area contributed by atoms with Crippen LogP contribution in [-0.4, -0.2) is 17.7 Å². The van der Waals surface area contributed by atoms with Gasteiger partial charge in [0.1, 0.15) is 10.6 Å². The molecular formula is C14H14O4S. The van der Waals surface area contributed by atoms with Crippen LogP contribution in [0.4, 0.5) is 0 Å². The van der Waals surface area contributed by atoms with Crippen LogP contribution < -0.4 is 9.47 Å². The van der Waals surface area contributed by atoms with Crippen molar-refractivity contribution in [1.82, 2.24) is 0 Å². The smallest absolute Gasteiger partial charge is 0.346 e. The maximum absolute atomic E-state index is 10.8. The second kappa shape index (κ2) is 6.24. The van der Waals surface area contributed by atoms with Crippen molar-refractivity contribution in [3.05, 3.63) is 40.6 Å². The summed E-state index contributed by atoms with van der Waals surface area (Å²) in [6.07, 6.45) is 0.913. The molecule has 2 aromatic rings. The first-order valence-corrected chi connectivity index (χ1v) is 6.80. The molecule has 1 N–H and O–H groups in total. The van der Waals surface area contributed by atoms with E-state index in [9.17, 15) is 4.79 Å². The van der Waals surface area contributed by atoms with Gasteiger partial charge in [-0.05, 0) is 18.6 Å². The number of thiophene rings is 1. The van der Waals surface area contributed by atoms with Crippen molar-refractivity contribution in [3.63, 3.8) is 0 Å². The number of para-hydroxylation sites is 2. The van der Waals surface area contributed by atoms with Crippen molar-refractivity contribution >= 4 is 17.3 Å². The topological polar surface area (TPSA) is 55.8 Å². The third-order valence-corrected chi connectivity index (χ3v) is 3.22. The molecule has 0 spiro atoms. The van der Waals surface area contributed by atoms with Crippen molar-refractivity contribution in [1.29, 1.82) is 0 Å². The van der Waals surface area contributed by atoms with Crippen LogP contribution in [0.25, 0.3) is 0 Å². The minimum Gasteiger partial charge on any atom is -0.490 e. The van der Waals surface area contributed by atoms with Crippen LogP contribution in [0.5, 0.6) is 17.2 Å². The van der Waals surface area contributed by atoms with Crippen molar-refractivity contribution in [2.75, 3.05) is 6.61 Å². The lowest BCUT2D eigenvalue weighted by molar-refractivity contribution is 0.0702. The molecule has 5 heteroatoms. The first-order valence-electron chi connectivity index (χ1n) is 5.92. The summed E-state index contributed by atoms with van der Waals surface area (Å²) in [5.41, 5.74) is 0. The van der Waals surface area contributed by atoms with Gasteiger partial charge < -0.3 is 14.6 Å². The molecule has 0 amide bonds. The molecule has 0 aliphatic carbocycles. The van der Waals surface area contributed by atoms with Gasteiger partial charge in [-0.2, -0.15) is 0 Å². The van der Waals surface area contributed by atoms with Crippen LogP contribution in [0.2, 0.25) is 0 Å². The Hall–Kier alpha value is -2.01. The SMILES string of the molecule is CCCOc1ccccc1Oc1csc(C(=O)O)c1. The molecule has 0 atom stereocenters. The van der Waals surface area contributed by atoms with Crippen molar-refractivity contribution in [3.8, 4) is 17.2 Å². The summed E-state index contributed by atoms with van der Waals surface area (Å²) in [6.45, 7) is 2.64. The maximum Gasteiger partial charge on any atom is 0.346 e. The van der Waals surface area contributed by atoms with Crippen LogP contribution in [0.15, 0.2) is 35.7 Å². The van der Waals surface area contributed by atoms with Crippen LogP contribution >= 0.6 is 11.3 Å². The highest BCUT2D eigenvalue weighted by atomic mass is 32.1. The molecule has 19 heavy (non-hydrogen) atoms. The summed E-state index contributed by atoms with van der Waals surface area (Å²) in [5, 5.41) is 10.5. The van der Waals surface area contributed by atoms with E-state index in [-0.39, 0.29) is 4.88 Å². The van der Waals surface area contributed by atoms with E-state index >= 15 is 0 Å². The van der Waals surface area contributed by atoms with Gasteiger partial charge in [0.25, 0.3) is 0 Å². The van der Waals surface area contributed by atoms with E-state index < -0.39 is 5.97 Å². The third-order valence-electron chi connectivity index (χ3n) is 2.32. The van der Waals surface area contributed by atoms with Crippen molar-refractivity contribution in [2.45, 2.75) is 13.3 Å². The molecule has 1 heterocycles. The Morgan fingerprint density at radius 3 is 2.68 bits per heavy atom. The number of benzene rings is 1. The number of carbonyl (C=O) groups is 1. The molecule has 0 fully saturated rings. The fourth-order valence-corrected chi connectivity index (χ4v) is 2.12. The van der Waals surface area contributed by atoms with Gasteiger partial charge in [0.05, 0.1) is 6.61 Å². The normalized spacial score (nSPS) is 10.2.